The van der Waals surface area contributed by atoms with Gasteiger partial charge in [-0.15, -0.1) is 0 Å². The summed E-state index contributed by atoms with van der Waals surface area (Å²) in [5.41, 5.74) is 0. The molecule has 0 saturated heterocycles. The van der Waals surface area contributed by atoms with Crippen LogP contribution in [-0.4, -0.2) is 54.2 Å². The van der Waals surface area contributed by atoms with Gasteiger partial charge in [-0.05, 0) is 32.9 Å². The van der Waals surface area contributed by atoms with Crippen molar-refractivity contribution < 1.29 is 13.3 Å². The van der Waals surface area contributed by atoms with Gasteiger partial charge < -0.3 is 18.2 Å². The number of hydrogen-bond acceptors (Lipinski definition) is 4. The average molecular weight is 292 g/mol. The summed E-state index contributed by atoms with van der Waals surface area (Å²) in [6.07, 6.45) is 4.96. The van der Waals surface area contributed by atoms with Crippen molar-refractivity contribution in [2.24, 2.45) is 0 Å². The summed E-state index contributed by atoms with van der Waals surface area (Å²) < 4.78 is 16.6. The van der Waals surface area contributed by atoms with Gasteiger partial charge in [-0.3, -0.25) is 0 Å². The lowest BCUT2D eigenvalue weighted by Gasteiger charge is -2.34. The molecule has 0 aromatic rings. The summed E-state index contributed by atoms with van der Waals surface area (Å²) in [5.74, 6) is 0. The molecule has 0 radical (unpaired) electrons. The number of unbranched alkanes of at least 4 members (excludes halogenated alkanes) is 2. The Bertz CT molecular complexity index is 197. The Hall–Kier alpha value is 0.0569. The van der Waals surface area contributed by atoms with E-state index in [2.05, 4.69) is 25.7 Å². The van der Waals surface area contributed by atoms with Crippen LogP contribution in [0, 0.1) is 0 Å². The maximum atomic E-state index is 5.53. The molecule has 0 aromatic carbocycles. The molecule has 4 nitrogen and oxygen atoms in total. The van der Waals surface area contributed by atoms with Gasteiger partial charge in [-0.25, -0.2) is 0 Å². The van der Waals surface area contributed by atoms with Crippen molar-refractivity contribution in [2.45, 2.75) is 58.5 Å². The quantitative estimate of drug-likeness (QED) is 0.517. The maximum Gasteiger partial charge on any atom is 0.501 e. The molecular weight excluding hydrogens is 258 g/mol. The molecule has 1 unspecified atom stereocenters. The zero-order valence-electron chi connectivity index (χ0n) is 13.7. The second-order valence-electron chi connectivity index (χ2n) is 5.09. The Labute approximate surface area is 120 Å². The fourth-order valence-corrected chi connectivity index (χ4v) is 4.25. The molecule has 0 aromatic heterocycles. The van der Waals surface area contributed by atoms with Gasteiger partial charge in [0.2, 0.25) is 0 Å². The molecule has 0 rings (SSSR count). The highest BCUT2D eigenvalue weighted by Gasteiger charge is 2.40. The first-order valence-corrected chi connectivity index (χ1v) is 9.41. The molecular formula is C14H33NO3Si. The molecule has 0 spiro atoms. The van der Waals surface area contributed by atoms with Crippen LogP contribution in [0.2, 0.25) is 6.04 Å². The zero-order valence-corrected chi connectivity index (χ0v) is 14.7. The van der Waals surface area contributed by atoms with Crippen LogP contribution in [0.1, 0.15) is 46.5 Å². The lowest BCUT2D eigenvalue weighted by atomic mass is 10.2. The minimum absolute atomic E-state index is 0.435. The Morgan fingerprint density at radius 2 is 1.32 bits per heavy atom. The third-order valence-electron chi connectivity index (χ3n) is 3.70. The lowest BCUT2D eigenvalue weighted by molar-refractivity contribution is 0.107. The van der Waals surface area contributed by atoms with Gasteiger partial charge in [0.05, 0.1) is 0 Å². The number of rotatable bonds is 12. The van der Waals surface area contributed by atoms with Crippen LogP contribution in [0.15, 0.2) is 0 Å². The van der Waals surface area contributed by atoms with Crippen LogP contribution in [-0.2, 0) is 13.3 Å². The van der Waals surface area contributed by atoms with E-state index >= 15 is 0 Å². The van der Waals surface area contributed by atoms with Gasteiger partial charge in [0, 0.05) is 33.4 Å². The molecule has 0 aliphatic carbocycles. The minimum Gasteiger partial charge on any atom is -0.377 e. The Morgan fingerprint density at radius 3 is 1.63 bits per heavy atom. The predicted octanol–water partition coefficient (Wildman–Crippen LogP) is 3.16. The number of hydrogen-bond donors (Lipinski definition) is 0. The molecule has 5 heteroatoms. The fourth-order valence-electron chi connectivity index (χ4n) is 2.27. The lowest BCUT2D eigenvalue weighted by Crippen LogP contribution is -2.49. The second-order valence-corrected chi connectivity index (χ2v) is 8.09. The van der Waals surface area contributed by atoms with Crippen LogP contribution in [0.3, 0.4) is 0 Å². The average Bonchev–Trinajstić information content (AvgIpc) is 2.45. The van der Waals surface area contributed by atoms with Crippen molar-refractivity contribution in [1.82, 2.24) is 4.90 Å². The molecule has 0 N–H and O–H groups in total. The Morgan fingerprint density at radius 1 is 0.895 bits per heavy atom. The SMILES string of the molecule is CCCCN(CCCC)C(C)C[Si](OC)(OC)OC. The van der Waals surface area contributed by atoms with E-state index in [1.807, 2.05) is 0 Å². The summed E-state index contributed by atoms with van der Waals surface area (Å²) in [4.78, 5) is 2.55. The van der Waals surface area contributed by atoms with E-state index in [1.54, 1.807) is 21.3 Å². The van der Waals surface area contributed by atoms with Gasteiger partial charge in [0.1, 0.15) is 0 Å². The standard InChI is InChI=1S/C14H33NO3Si/c1-7-9-11-15(12-10-8-2)14(3)13-19(16-4,17-5)18-6/h14H,7-13H2,1-6H3. The first kappa shape index (κ1) is 19.1. The van der Waals surface area contributed by atoms with E-state index in [9.17, 15) is 0 Å². The van der Waals surface area contributed by atoms with Crippen LogP contribution in [0.25, 0.3) is 0 Å². The van der Waals surface area contributed by atoms with Crippen molar-refractivity contribution in [3.05, 3.63) is 0 Å². The van der Waals surface area contributed by atoms with Crippen molar-refractivity contribution in [2.75, 3.05) is 34.4 Å². The normalized spacial score (nSPS) is 14.1. The molecule has 19 heavy (non-hydrogen) atoms. The van der Waals surface area contributed by atoms with Gasteiger partial charge in [-0.1, -0.05) is 26.7 Å². The molecule has 0 amide bonds. The molecule has 0 bridgehead atoms. The van der Waals surface area contributed by atoms with E-state index in [0.717, 1.165) is 19.1 Å². The predicted molar refractivity (Wildman–Crippen MR) is 82.4 cm³/mol. The van der Waals surface area contributed by atoms with Gasteiger partial charge in [0.15, 0.2) is 0 Å². The molecule has 0 saturated carbocycles. The first-order valence-electron chi connectivity index (χ1n) is 7.48. The van der Waals surface area contributed by atoms with E-state index in [-0.39, 0.29) is 0 Å². The van der Waals surface area contributed by atoms with Crippen molar-refractivity contribution in [3.63, 3.8) is 0 Å². The van der Waals surface area contributed by atoms with E-state index in [4.69, 9.17) is 13.3 Å². The van der Waals surface area contributed by atoms with Crippen molar-refractivity contribution in [1.29, 1.82) is 0 Å². The largest absolute Gasteiger partial charge is 0.501 e. The van der Waals surface area contributed by atoms with Crippen LogP contribution in [0.5, 0.6) is 0 Å². The fraction of sp³-hybridized carbons (Fsp3) is 1.00. The van der Waals surface area contributed by atoms with Crippen LogP contribution >= 0.6 is 0 Å². The van der Waals surface area contributed by atoms with Gasteiger partial charge >= 0.3 is 8.80 Å². The Kier molecular flexibility index (Phi) is 10.8. The highest BCUT2D eigenvalue weighted by molar-refractivity contribution is 6.60. The maximum absolute atomic E-state index is 5.53. The monoisotopic (exact) mass is 291 g/mol. The van der Waals surface area contributed by atoms with Crippen molar-refractivity contribution >= 4 is 8.80 Å². The third-order valence-corrected chi connectivity index (χ3v) is 6.66. The third kappa shape index (κ3) is 6.86. The summed E-state index contributed by atoms with van der Waals surface area (Å²) in [7, 11) is 2.60. The van der Waals surface area contributed by atoms with Crippen molar-refractivity contribution in [3.8, 4) is 0 Å². The highest BCUT2D eigenvalue weighted by Crippen LogP contribution is 2.19. The zero-order chi connectivity index (χ0) is 14.7. The molecule has 0 fully saturated rings. The van der Waals surface area contributed by atoms with Gasteiger partial charge in [-0.2, -0.15) is 0 Å². The smallest absolute Gasteiger partial charge is 0.377 e. The summed E-state index contributed by atoms with van der Waals surface area (Å²) in [5, 5.41) is 0. The summed E-state index contributed by atoms with van der Waals surface area (Å²) in [6, 6.07) is 1.29. The van der Waals surface area contributed by atoms with Gasteiger partial charge in [0.25, 0.3) is 0 Å². The Balaban J connectivity index is 4.53. The molecule has 1 atom stereocenters. The van der Waals surface area contributed by atoms with E-state index in [0.29, 0.717) is 6.04 Å². The first-order chi connectivity index (χ1) is 9.09. The molecule has 0 aliphatic rings. The topological polar surface area (TPSA) is 30.9 Å². The molecule has 0 heterocycles. The van der Waals surface area contributed by atoms with Crippen LogP contribution in [0.4, 0.5) is 0 Å². The van der Waals surface area contributed by atoms with Crippen LogP contribution < -0.4 is 0 Å². The second kappa shape index (κ2) is 10.8. The summed E-state index contributed by atoms with van der Waals surface area (Å²) in [6.45, 7) is 9.03. The number of nitrogens with zero attached hydrogens (tertiary/aromatic N) is 1. The minimum atomic E-state index is -2.46. The van der Waals surface area contributed by atoms with E-state index < -0.39 is 8.80 Å². The highest BCUT2D eigenvalue weighted by atomic mass is 28.4. The molecule has 116 valence electrons. The van der Waals surface area contributed by atoms with E-state index in [1.165, 1.54) is 25.7 Å². The molecule has 0 aliphatic heterocycles. The summed E-state index contributed by atoms with van der Waals surface area (Å²) >= 11 is 0.